The van der Waals surface area contributed by atoms with Gasteiger partial charge in [0.25, 0.3) is 0 Å². The summed E-state index contributed by atoms with van der Waals surface area (Å²) in [6, 6.07) is 3.43. The van der Waals surface area contributed by atoms with E-state index < -0.39 is 6.61 Å². The Morgan fingerprint density at radius 2 is 2.20 bits per heavy atom. The maximum atomic E-state index is 11.9. The molecule has 0 bridgehead atoms. The summed E-state index contributed by atoms with van der Waals surface area (Å²) in [5.41, 5.74) is -0.00403. The molecule has 3 nitrogen and oxygen atoms in total. The normalized spacial score (nSPS) is 10.4. The molecule has 5 heteroatoms. The molecule has 0 radical (unpaired) electrons. The number of alkyl halides is 2. The van der Waals surface area contributed by atoms with Crippen LogP contribution in [0.4, 0.5) is 8.78 Å². The number of aromatic hydroxyl groups is 1. The molecule has 1 N–H and O–H groups in total. The number of ketones is 1. The molecule has 82 valence electrons. The van der Waals surface area contributed by atoms with Crippen molar-refractivity contribution in [2.75, 3.05) is 0 Å². The molecule has 0 atom stereocenters. The number of carbonyl (C=O) groups is 1. The van der Waals surface area contributed by atoms with Gasteiger partial charge in [-0.3, -0.25) is 4.79 Å². The highest BCUT2D eigenvalue weighted by Gasteiger charge is 2.12. The van der Waals surface area contributed by atoms with E-state index >= 15 is 0 Å². The molecule has 0 aliphatic carbocycles. The molecule has 1 aromatic rings. The Morgan fingerprint density at radius 3 is 2.73 bits per heavy atom. The third-order valence-corrected chi connectivity index (χ3v) is 1.81. The Kier molecular flexibility index (Phi) is 3.60. The molecule has 0 aromatic heterocycles. The van der Waals surface area contributed by atoms with Gasteiger partial charge in [0.2, 0.25) is 0 Å². The molecular formula is C10H10F2O3. The number of ether oxygens (including phenoxy) is 1. The van der Waals surface area contributed by atoms with E-state index in [1.807, 2.05) is 0 Å². The second-order valence-corrected chi connectivity index (χ2v) is 2.83. The van der Waals surface area contributed by atoms with Crippen molar-refractivity contribution in [1.82, 2.24) is 0 Å². The molecule has 0 saturated heterocycles. The van der Waals surface area contributed by atoms with Crippen LogP contribution in [-0.2, 0) is 0 Å². The van der Waals surface area contributed by atoms with Gasteiger partial charge in [0.1, 0.15) is 11.5 Å². The van der Waals surface area contributed by atoms with E-state index in [0.29, 0.717) is 0 Å². The van der Waals surface area contributed by atoms with Gasteiger partial charge in [0, 0.05) is 6.42 Å². The predicted octanol–water partition coefficient (Wildman–Crippen LogP) is 2.59. The molecular weight excluding hydrogens is 206 g/mol. The van der Waals surface area contributed by atoms with Crippen molar-refractivity contribution in [2.45, 2.75) is 20.0 Å². The first-order valence-corrected chi connectivity index (χ1v) is 4.35. The SMILES string of the molecule is CCC(=O)c1cc(OC(F)F)ccc1O. The van der Waals surface area contributed by atoms with Crippen LogP contribution in [0.2, 0.25) is 0 Å². The minimum absolute atomic E-state index is 0.00403. The van der Waals surface area contributed by atoms with Crippen LogP contribution in [-0.4, -0.2) is 17.5 Å². The van der Waals surface area contributed by atoms with E-state index in [1.165, 1.54) is 6.07 Å². The Hall–Kier alpha value is -1.65. The maximum Gasteiger partial charge on any atom is 0.387 e. The van der Waals surface area contributed by atoms with Crippen LogP contribution in [0, 0.1) is 0 Å². The monoisotopic (exact) mass is 216 g/mol. The summed E-state index contributed by atoms with van der Waals surface area (Å²) < 4.78 is 27.8. The van der Waals surface area contributed by atoms with E-state index in [1.54, 1.807) is 6.92 Å². The number of Topliss-reactive ketones (excluding diaryl/α,β-unsaturated/α-hetero) is 1. The fourth-order valence-electron chi connectivity index (χ4n) is 1.11. The molecule has 0 amide bonds. The van der Waals surface area contributed by atoms with Crippen LogP contribution in [0.15, 0.2) is 18.2 Å². The largest absolute Gasteiger partial charge is 0.507 e. The number of benzene rings is 1. The second kappa shape index (κ2) is 4.72. The van der Waals surface area contributed by atoms with E-state index in [0.717, 1.165) is 12.1 Å². The molecule has 1 aromatic carbocycles. The van der Waals surface area contributed by atoms with Gasteiger partial charge >= 0.3 is 6.61 Å². The number of hydrogen-bond donors (Lipinski definition) is 1. The van der Waals surface area contributed by atoms with E-state index in [4.69, 9.17) is 0 Å². The molecule has 15 heavy (non-hydrogen) atoms. The highest BCUT2D eigenvalue weighted by molar-refractivity contribution is 5.98. The van der Waals surface area contributed by atoms with Crippen LogP contribution in [0.3, 0.4) is 0 Å². The highest BCUT2D eigenvalue weighted by Crippen LogP contribution is 2.25. The third kappa shape index (κ3) is 2.90. The lowest BCUT2D eigenvalue weighted by atomic mass is 10.1. The first kappa shape index (κ1) is 11.4. The van der Waals surface area contributed by atoms with Crippen molar-refractivity contribution in [3.63, 3.8) is 0 Å². The quantitative estimate of drug-likeness (QED) is 0.787. The molecule has 0 heterocycles. The number of phenols is 1. The van der Waals surface area contributed by atoms with Gasteiger partial charge in [0.05, 0.1) is 5.56 Å². The second-order valence-electron chi connectivity index (χ2n) is 2.83. The topological polar surface area (TPSA) is 46.5 Å². The van der Waals surface area contributed by atoms with Crippen LogP contribution < -0.4 is 4.74 Å². The van der Waals surface area contributed by atoms with Gasteiger partial charge in [-0.2, -0.15) is 8.78 Å². The van der Waals surface area contributed by atoms with E-state index in [2.05, 4.69) is 4.74 Å². The molecule has 0 aliphatic heterocycles. The summed E-state index contributed by atoms with van der Waals surface area (Å²) in [5.74, 6) is -0.699. The van der Waals surface area contributed by atoms with Crippen molar-refractivity contribution in [3.8, 4) is 11.5 Å². The number of hydrogen-bond acceptors (Lipinski definition) is 3. The van der Waals surface area contributed by atoms with Gasteiger partial charge in [-0.15, -0.1) is 0 Å². The number of phenolic OH excluding ortho intramolecular Hbond substituents is 1. The van der Waals surface area contributed by atoms with Crippen LogP contribution in [0.1, 0.15) is 23.7 Å². The predicted molar refractivity (Wildman–Crippen MR) is 49.4 cm³/mol. The fourth-order valence-corrected chi connectivity index (χ4v) is 1.11. The van der Waals surface area contributed by atoms with Gasteiger partial charge in [-0.05, 0) is 18.2 Å². The van der Waals surface area contributed by atoms with Crippen molar-refractivity contribution >= 4 is 5.78 Å². The summed E-state index contributed by atoms with van der Waals surface area (Å²) in [6.07, 6.45) is 0.186. The molecule has 0 fully saturated rings. The summed E-state index contributed by atoms with van der Waals surface area (Å²) in [6.45, 7) is -1.33. The van der Waals surface area contributed by atoms with Crippen molar-refractivity contribution in [3.05, 3.63) is 23.8 Å². The lowest BCUT2D eigenvalue weighted by Gasteiger charge is -2.07. The van der Waals surface area contributed by atoms with Crippen LogP contribution >= 0.6 is 0 Å². The van der Waals surface area contributed by atoms with Gasteiger partial charge in [0.15, 0.2) is 5.78 Å². The third-order valence-electron chi connectivity index (χ3n) is 1.81. The summed E-state index contributed by atoms with van der Waals surface area (Å²) in [7, 11) is 0. The average Bonchev–Trinajstić information content (AvgIpc) is 2.19. The Morgan fingerprint density at radius 1 is 1.53 bits per heavy atom. The van der Waals surface area contributed by atoms with Crippen molar-refractivity contribution < 1.29 is 23.4 Å². The fraction of sp³-hybridized carbons (Fsp3) is 0.300. The summed E-state index contributed by atoms with van der Waals surface area (Å²) in [5, 5.41) is 9.31. The van der Waals surface area contributed by atoms with Crippen molar-refractivity contribution in [1.29, 1.82) is 0 Å². The summed E-state index contributed by atoms with van der Waals surface area (Å²) >= 11 is 0. The highest BCUT2D eigenvalue weighted by atomic mass is 19.3. The minimum Gasteiger partial charge on any atom is -0.507 e. The first-order chi connectivity index (χ1) is 7.04. The summed E-state index contributed by atoms with van der Waals surface area (Å²) in [4.78, 5) is 11.3. The molecule has 0 aliphatic rings. The minimum atomic E-state index is -2.95. The lowest BCUT2D eigenvalue weighted by Crippen LogP contribution is -2.04. The molecule has 0 unspecified atom stereocenters. The Labute approximate surface area is 85.3 Å². The smallest absolute Gasteiger partial charge is 0.387 e. The van der Waals surface area contributed by atoms with Gasteiger partial charge in [-0.25, -0.2) is 0 Å². The van der Waals surface area contributed by atoms with Gasteiger partial charge < -0.3 is 9.84 Å². The Bertz CT molecular complexity index is 364. The first-order valence-electron chi connectivity index (χ1n) is 4.35. The number of carbonyl (C=O) groups excluding carboxylic acids is 1. The standard InChI is InChI=1S/C10H10F2O3/c1-2-8(13)7-5-6(15-10(11)12)3-4-9(7)14/h3-5,10,14H,2H2,1H3. The molecule has 1 rings (SSSR count). The zero-order chi connectivity index (χ0) is 11.4. The Balaban J connectivity index is 3.00. The van der Waals surface area contributed by atoms with Gasteiger partial charge in [-0.1, -0.05) is 6.92 Å². The van der Waals surface area contributed by atoms with E-state index in [9.17, 15) is 18.7 Å². The zero-order valence-electron chi connectivity index (χ0n) is 8.04. The van der Waals surface area contributed by atoms with E-state index in [-0.39, 0.29) is 29.3 Å². The maximum absolute atomic E-state index is 11.9. The van der Waals surface area contributed by atoms with Crippen molar-refractivity contribution in [2.24, 2.45) is 0 Å². The zero-order valence-corrected chi connectivity index (χ0v) is 8.04. The van der Waals surface area contributed by atoms with Crippen LogP contribution in [0.5, 0.6) is 11.5 Å². The lowest BCUT2D eigenvalue weighted by molar-refractivity contribution is -0.0499. The molecule has 0 saturated carbocycles. The number of halogens is 2. The number of rotatable bonds is 4. The average molecular weight is 216 g/mol. The molecule has 0 spiro atoms. The van der Waals surface area contributed by atoms with Crippen LogP contribution in [0.25, 0.3) is 0 Å².